The maximum absolute atomic E-state index is 5.38. The van der Waals surface area contributed by atoms with Crippen LogP contribution in [0.3, 0.4) is 0 Å². The topological polar surface area (TPSA) is 24.5 Å². The van der Waals surface area contributed by atoms with Gasteiger partial charge in [-0.05, 0) is 64.7 Å². The van der Waals surface area contributed by atoms with E-state index in [4.69, 9.17) is 4.74 Å². The van der Waals surface area contributed by atoms with E-state index in [1.165, 1.54) is 38.9 Å². The summed E-state index contributed by atoms with van der Waals surface area (Å²) in [5, 5.41) is 3.51. The number of hydrogen-bond donors (Lipinski definition) is 1. The molecule has 0 aromatic carbocycles. The molecule has 0 spiro atoms. The molecule has 0 aromatic rings. The Kier molecular flexibility index (Phi) is 7.82. The van der Waals surface area contributed by atoms with Crippen molar-refractivity contribution in [2.45, 2.75) is 33.1 Å². The van der Waals surface area contributed by atoms with Gasteiger partial charge in [0.25, 0.3) is 0 Å². The number of rotatable bonds is 8. The van der Waals surface area contributed by atoms with Gasteiger partial charge in [-0.2, -0.15) is 0 Å². The minimum absolute atomic E-state index is 0.831. The minimum atomic E-state index is 0.831. The third-order valence-corrected chi connectivity index (χ3v) is 3.93. The van der Waals surface area contributed by atoms with Gasteiger partial charge in [-0.15, -0.1) is 0 Å². The van der Waals surface area contributed by atoms with E-state index in [0.29, 0.717) is 0 Å². The van der Waals surface area contributed by atoms with Gasteiger partial charge < -0.3 is 15.0 Å². The zero-order chi connectivity index (χ0) is 12.5. The van der Waals surface area contributed by atoms with Crippen molar-refractivity contribution in [3.63, 3.8) is 0 Å². The monoisotopic (exact) mass is 242 g/mol. The zero-order valence-electron chi connectivity index (χ0n) is 11.9. The number of ether oxygens (including phenoxy) is 1. The van der Waals surface area contributed by atoms with Gasteiger partial charge in [0.2, 0.25) is 0 Å². The van der Waals surface area contributed by atoms with E-state index in [-0.39, 0.29) is 0 Å². The fourth-order valence-corrected chi connectivity index (χ4v) is 2.50. The highest BCUT2D eigenvalue weighted by molar-refractivity contribution is 4.74. The normalized spacial score (nSPS) is 22.9. The van der Waals surface area contributed by atoms with Crippen molar-refractivity contribution in [3.05, 3.63) is 0 Å². The van der Waals surface area contributed by atoms with Gasteiger partial charge >= 0.3 is 0 Å². The van der Waals surface area contributed by atoms with Crippen LogP contribution >= 0.6 is 0 Å². The molecule has 1 aliphatic rings. The molecule has 2 unspecified atom stereocenters. The molecule has 102 valence electrons. The Morgan fingerprint density at radius 2 is 2.24 bits per heavy atom. The lowest BCUT2D eigenvalue weighted by atomic mass is 9.85. The molecule has 17 heavy (non-hydrogen) atoms. The molecule has 0 bridgehead atoms. The first-order valence-electron chi connectivity index (χ1n) is 7.21. The smallest absolute Gasteiger partial charge is 0.0593 e. The second-order valence-corrected chi connectivity index (χ2v) is 5.37. The van der Waals surface area contributed by atoms with Crippen LogP contribution in [0.15, 0.2) is 0 Å². The Morgan fingerprint density at radius 3 is 2.88 bits per heavy atom. The van der Waals surface area contributed by atoms with Crippen LogP contribution in [0.5, 0.6) is 0 Å². The van der Waals surface area contributed by atoms with Crippen molar-refractivity contribution in [2.24, 2.45) is 11.8 Å². The highest BCUT2D eigenvalue weighted by atomic mass is 16.5. The summed E-state index contributed by atoms with van der Waals surface area (Å²) >= 11 is 0. The van der Waals surface area contributed by atoms with Crippen LogP contribution in [0.4, 0.5) is 0 Å². The molecular weight excluding hydrogens is 212 g/mol. The summed E-state index contributed by atoms with van der Waals surface area (Å²) in [6.07, 6.45) is 4.08. The first kappa shape index (κ1) is 14.9. The second-order valence-electron chi connectivity index (χ2n) is 5.37. The minimum Gasteiger partial charge on any atom is -0.380 e. The highest BCUT2D eigenvalue weighted by Gasteiger charge is 2.19. The molecule has 3 nitrogen and oxygen atoms in total. The van der Waals surface area contributed by atoms with Gasteiger partial charge in [0, 0.05) is 13.2 Å². The molecule has 3 heteroatoms. The van der Waals surface area contributed by atoms with Crippen LogP contribution < -0.4 is 5.32 Å². The van der Waals surface area contributed by atoms with Crippen molar-refractivity contribution in [2.75, 3.05) is 46.4 Å². The van der Waals surface area contributed by atoms with E-state index in [0.717, 1.165) is 31.6 Å². The fourth-order valence-electron chi connectivity index (χ4n) is 2.50. The van der Waals surface area contributed by atoms with Crippen LogP contribution in [-0.4, -0.2) is 51.3 Å². The molecule has 0 saturated carbocycles. The van der Waals surface area contributed by atoms with Crippen LogP contribution in [0.25, 0.3) is 0 Å². The summed E-state index contributed by atoms with van der Waals surface area (Å²) in [6.45, 7) is 10.9. The molecule has 1 rings (SSSR count). The lowest BCUT2D eigenvalue weighted by Crippen LogP contribution is -2.34. The summed E-state index contributed by atoms with van der Waals surface area (Å²) < 4.78 is 5.38. The Labute approximate surface area is 107 Å². The van der Waals surface area contributed by atoms with Gasteiger partial charge in [-0.25, -0.2) is 0 Å². The third kappa shape index (κ3) is 6.39. The standard InChI is InChI=1S/C14H30N2O/c1-4-17-11-10-16(3)9-7-13(2)14-6-5-8-15-12-14/h13-15H,4-12H2,1-3H3. The van der Waals surface area contributed by atoms with E-state index in [9.17, 15) is 0 Å². The molecule has 0 aromatic heterocycles. The van der Waals surface area contributed by atoms with Crippen LogP contribution in [-0.2, 0) is 4.74 Å². The zero-order valence-corrected chi connectivity index (χ0v) is 11.9. The van der Waals surface area contributed by atoms with E-state index in [2.05, 4.69) is 31.1 Å². The van der Waals surface area contributed by atoms with Crippen molar-refractivity contribution >= 4 is 0 Å². The van der Waals surface area contributed by atoms with Gasteiger partial charge in [-0.3, -0.25) is 0 Å². The average molecular weight is 242 g/mol. The van der Waals surface area contributed by atoms with E-state index >= 15 is 0 Å². The molecule has 1 fully saturated rings. The van der Waals surface area contributed by atoms with Crippen LogP contribution in [0.1, 0.15) is 33.1 Å². The van der Waals surface area contributed by atoms with Gasteiger partial charge in [0.15, 0.2) is 0 Å². The number of piperidine rings is 1. The van der Waals surface area contributed by atoms with E-state index < -0.39 is 0 Å². The van der Waals surface area contributed by atoms with Gasteiger partial charge in [-0.1, -0.05) is 6.92 Å². The quantitative estimate of drug-likeness (QED) is 0.659. The fraction of sp³-hybridized carbons (Fsp3) is 1.00. The number of hydrogen-bond acceptors (Lipinski definition) is 3. The van der Waals surface area contributed by atoms with E-state index in [1.54, 1.807) is 0 Å². The Hall–Kier alpha value is -0.120. The molecule has 1 saturated heterocycles. The number of likely N-dealkylation sites (N-methyl/N-ethyl adjacent to an activating group) is 1. The summed E-state index contributed by atoms with van der Waals surface area (Å²) in [4.78, 5) is 2.39. The summed E-state index contributed by atoms with van der Waals surface area (Å²) in [5.74, 6) is 1.74. The predicted molar refractivity (Wildman–Crippen MR) is 73.4 cm³/mol. The molecule has 0 amide bonds. The summed E-state index contributed by atoms with van der Waals surface area (Å²) in [5.41, 5.74) is 0. The molecular formula is C14H30N2O. The number of nitrogens with one attached hydrogen (secondary N) is 1. The largest absolute Gasteiger partial charge is 0.380 e. The van der Waals surface area contributed by atoms with Crippen LogP contribution in [0.2, 0.25) is 0 Å². The molecule has 1 N–H and O–H groups in total. The first-order valence-corrected chi connectivity index (χ1v) is 7.21. The maximum Gasteiger partial charge on any atom is 0.0593 e. The Bertz CT molecular complexity index is 181. The average Bonchev–Trinajstić information content (AvgIpc) is 2.37. The van der Waals surface area contributed by atoms with Crippen molar-refractivity contribution < 1.29 is 4.74 Å². The second kappa shape index (κ2) is 8.90. The lowest BCUT2D eigenvalue weighted by Gasteiger charge is -2.29. The molecule has 1 aliphatic heterocycles. The first-order chi connectivity index (χ1) is 8.24. The summed E-state index contributed by atoms with van der Waals surface area (Å²) in [7, 11) is 2.20. The molecule has 0 radical (unpaired) electrons. The maximum atomic E-state index is 5.38. The van der Waals surface area contributed by atoms with Crippen molar-refractivity contribution in [1.82, 2.24) is 10.2 Å². The number of nitrogens with zero attached hydrogens (tertiary/aromatic N) is 1. The van der Waals surface area contributed by atoms with Gasteiger partial charge in [0.1, 0.15) is 0 Å². The Balaban J connectivity index is 2.07. The van der Waals surface area contributed by atoms with Crippen molar-refractivity contribution in [1.29, 1.82) is 0 Å². The van der Waals surface area contributed by atoms with Crippen LogP contribution in [0, 0.1) is 11.8 Å². The molecule has 2 atom stereocenters. The molecule has 1 heterocycles. The lowest BCUT2D eigenvalue weighted by molar-refractivity contribution is 0.118. The third-order valence-electron chi connectivity index (χ3n) is 3.93. The van der Waals surface area contributed by atoms with E-state index in [1.807, 2.05) is 0 Å². The Morgan fingerprint density at radius 1 is 1.41 bits per heavy atom. The molecule has 0 aliphatic carbocycles. The van der Waals surface area contributed by atoms with Crippen molar-refractivity contribution in [3.8, 4) is 0 Å². The SMILES string of the molecule is CCOCCN(C)CCC(C)C1CCCNC1. The highest BCUT2D eigenvalue weighted by Crippen LogP contribution is 2.22. The van der Waals surface area contributed by atoms with Gasteiger partial charge in [0.05, 0.1) is 6.61 Å². The summed E-state index contributed by atoms with van der Waals surface area (Å²) in [6, 6.07) is 0. The predicted octanol–water partition coefficient (Wildman–Crippen LogP) is 1.98.